The van der Waals surface area contributed by atoms with Gasteiger partial charge in [-0.05, 0) is 63.5 Å². The third kappa shape index (κ3) is 2.54. The number of phenols is 1. The predicted octanol–water partition coefficient (Wildman–Crippen LogP) is 5.38. The van der Waals surface area contributed by atoms with Crippen LogP contribution in [-0.2, 0) is 0 Å². The first-order chi connectivity index (χ1) is 12.2. The molecule has 0 fully saturated rings. The molecule has 4 rings (SSSR count). The van der Waals surface area contributed by atoms with Gasteiger partial charge in [0.2, 0.25) is 0 Å². The molecule has 0 aliphatic heterocycles. The summed E-state index contributed by atoms with van der Waals surface area (Å²) in [5.41, 5.74) is 1.82. The van der Waals surface area contributed by atoms with Gasteiger partial charge in [-0.1, -0.05) is 30.3 Å². The molecule has 0 amide bonds. The van der Waals surface area contributed by atoms with Gasteiger partial charge in [-0.25, -0.2) is 0 Å². The van der Waals surface area contributed by atoms with E-state index in [0.717, 1.165) is 44.2 Å². The number of aromatic hydroxyl groups is 1. The molecule has 4 aromatic carbocycles. The number of rotatable bonds is 3. The van der Waals surface area contributed by atoms with Gasteiger partial charge in [-0.3, -0.25) is 0 Å². The molecule has 0 radical (unpaired) electrons. The van der Waals surface area contributed by atoms with Crippen LogP contribution in [0.15, 0.2) is 66.7 Å². The minimum atomic E-state index is 0.265. The van der Waals surface area contributed by atoms with Crippen LogP contribution >= 0.6 is 0 Å². The molecule has 4 aromatic rings. The van der Waals surface area contributed by atoms with Gasteiger partial charge in [-0.15, -0.1) is 0 Å². The summed E-state index contributed by atoms with van der Waals surface area (Å²) in [6, 6.07) is 21.6. The molecule has 0 atom stereocenters. The summed E-state index contributed by atoms with van der Waals surface area (Å²) in [6.07, 6.45) is 0. The normalized spacial score (nSPS) is 11.0. The van der Waals surface area contributed by atoms with Crippen LogP contribution in [0.5, 0.6) is 17.2 Å². The highest BCUT2D eigenvalue weighted by Gasteiger charge is 2.13. The minimum Gasteiger partial charge on any atom is -0.507 e. The summed E-state index contributed by atoms with van der Waals surface area (Å²) in [7, 11) is 3.31. The van der Waals surface area contributed by atoms with Gasteiger partial charge >= 0.3 is 0 Å². The van der Waals surface area contributed by atoms with Gasteiger partial charge < -0.3 is 14.6 Å². The Kier molecular flexibility index (Phi) is 3.69. The number of hydrogen-bond donors (Lipinski definition) is 1. The maximum atomic E-state index is 10.6. The molecule has 25 heavy (non-hydrogen) atoms. The van der Waals surface area contributed by atoms with Gasteiger partial charge in [0.05, 0.1) is 14.2 Å². The average molecular weight is 330 g/mol. The van der Waals surface area contributed by atoms with E-state index in [2.05, 4.69) is 0 Å². The molecular weight excluding hydrogens is 312 g/mol. The van der Waals surface area contributed by atoms with Gasteiger partial charge in [0.15, 0.2) is 0 Å². The van der Waals surface area contributed by atoms with E-state index in [1.54, 1.807) is 20.3 Å². The second-order valence-electron chi connectivity index (χ2n) is 5.94. The van der Waals surface area contributed by atoms with Crippen LogP contribution in [-0.4, -0.2) is 19.3 Å². The lowest BCUT2D eigenvalue weighted by Crippen LogP contribution is -1.88. The Hall–Kier alpha value is -3.20. The van der Waals surface area contributed by atoms with Crippen molar-refractivity contribution in [3.05, 3.63) is 66.7 Å². The van der Waals surface area contributed by atoms with Gasteiger partial charge in [0.25, 0.3) is 0 Å². The van der Waals surface area contributed by atoms with E-state index in [-0.39, 0.29) is 5.75 Å². The smallest absolute Gasteiger partial charge is 0.124 e. The Morgan fingerprint density at radius 3 is 2.00 bits per heavy atom. The SMILES string of the molecule is COc1ccc2c(-c3c(O)ccc4cc(OC)ccc34)cccc2c1. The highest BCUT2D eigenvalue weighted by molar-refractivity contribution is 6.08. The van der Waals surface area contributed by atoms with Crippen molar-refractivity contribution in [3.8, 4) is 28.4 Å². The standard InChI is InChI=1S/C22H18O3/c1-24-16-7-9-18-14(12-16)4-3-5-20(18)22-19-10-8-17(25-2)13-15(19)6-11-21(22)23/h3-13,23H,1-2H3. The summed E-state index contributed by atoms with van der Waals surface area (Å²) < 4.78 is 10.6. The van der Waals surface area contributed by atoms with Crippen LogP contribution in [0.4, 0.5) is 0 Å². The Morgan fingerprint density at radius 1 is 0.680 bits per heavy atom. The Labute approximate surface area is 146 Å². The maximum Gasteiger partial charge on any atom is 0.124 e. The first-order valence-corrected chi connectivity index (χ1v) is 8.08. The first-order valence-electron chi connectivity index (χ1n) is 8.08. The zero-order valence-corrected chi connectivity index (χ0v) is 14.1. The fraction of sp³-hybridized carbons (Fsp3) is 0.0909. The lowest BCUT2D eigenvalue weighted by atomic mass is 9.93. The van der Waals surface area contributed by atoms with E-state index in [0.29, 0.717) is 0 Å². The molecule has 124 valence electrons. The third-order valence-corrected chi connectivity index (χ3v) is 4.56. The average Bonchev–Trinajstić information content (AvgIpc) is 2.66. The van der Waals surface area contributed by atoms with E-state index in [1.165, 1.54) is 0 Å². The van der Waals surface area contributed by atoms with Crippen LogP contribution in [0, 0.1) is 0 Å². The molecule has 3 nitrogen and oxygen atoms in total. The lowest BCUT2D eigenvalue weighted by molar-refractivity contribution is 0.415. The Balaban J connectivity index is 2.04. The Morgan fingerprint density at radius 2 is 1.32 bits per heavy atom. The monoisotopic (exact) mass is 330 g/mol. The number of ether oxygens (including phenoxy) is 2. The summed E-state index contributed by atoms with van der Waals surface area (Å²) in [6.45, 7) is 0. The van der Waals surface area contributed by atoms with Gasteiger partial charge in [-0.2, -0.15) is 0 Å². The van der Waals surface area contributed by atoms with E-state index >= 15 is 0 Å². The highest BCUT2D eigenvalue weighted by Crippen LogP contribution is 2.41. The molecule has 0 heterocycles. The van der Waals surface area contributed by atoms with Crippen molar-refractivity contribution in [2.75, 3.05) is 14.2 Å². The molecule has 3 heteroatoms. The van der Waals surface area contributed by atoms with E-state index < -0.39 is 0 Å². The van der Waals surface area contributed by atoms with Crippen LogP contribution in [0.25, 0.3) is 32.7 Å². The van der Waals surface area contributed by atoms with E-state index in [1.807, 2.05) is 60.7 Å². The van der Waals surface area contributed by atoms with Crippen molar-refractivity contribution in [1.29, 1.82) is 0 Å². The zero-order valence-electron chi connectivity index (χ0n) is 14.1. The zero-order chi connectivity index (χ0) is 17.4. The summed E-state index contributed by atoms with van der Waals surface area (Å²) in [4.78, 5) is 0. The largest absolute Gasteiger partial charge is 0.507 e. The fourth-order valence-electron chi connectivity index (χ4n) is 3.31. The highest BCUT2D eigenvalue weighted by atomic mass is 16.5. The van der Waals surface area contributed by atoms with Crippen LogP contribution in [0.1, 0.15) is 0 Å². The third-order valence-electron chi connectivity index (χ3n) is 4.56. The first kappa shape index (κ1) is 15.3. The van der Waals surface area contributed by atoms with Crippen molar-refractivity contribution in [3.63, 3.8) is 0 Å². The summed E-state index contributed by atoms with van der Waals surface area (Å²) in [5.74, 6) is 1.88. The number of phenolic OH excluding ortho intramolecular Hbond substituents is 1. The fourth-order valence-corrected chi connectivity index (χ4v) is 3.31. The molecule has 0 aromatic heterocycles. The van der Waals surface area contributed by atoms with Crippen molar-refractivity contribution in [2.24, 2.45) is 0 Å². The van der Waals surface area contributed by atoms with Crippen molar-refractivity contribution in [1.82, 2.24) is 0 Å². The molecule has 0 aliphatic rings. The van der Waals surface area contributed by atoms with Crippen molar-refractivity contribution in [2.45, 2.75) is 0 Å². The Bertz CT molecular complexity index is 1080. The molecule has 0 bridgehead atoms. The molecule has 0 unspecified atom stereocenters. The molecular formula is C22H18O3. The molecule has 0 spiro atoms. The number of benzene rings is 4. The van der Waals surface area contributed by atoms with Crippen molar-refractivity contribution >= 4 is 21.5 Å². The quantitative estimate of drug-likeness (QED) is 0.548. The van der Waals surface area contributed by atoms with E-state index in [9.17, 15) is 5.11 Å². The second kappa shape index (κ2) is 6.02. The maximum absolute atomic E-state index is 10.6. The number of fused-ring (bicyclic) bond motifs is 2. The van der Waals surface area contributed by atoms with Gasteiger partial charge in [0.1, 0.15) is 17.2 Å². The van der Waals surface area contributed by atoms with Crippen LogP contribution in [0.2, 0.25) is 0 Å². The number of hydrogen-bond acceptors (Lipinski definition) is 3. The second-order valence-corrected chi connectivity index (χ2v) is 5.94. The lowest BCUT2D eigenvalue weighted by Gasteiger charge is -2.13. The molecule has 0 aliphatic carbocycles. The topological polar surface area (TPSA) is 38.7 Å². The molecule has 0 saturated carbocycles. The summed E-state index contributed by atoms with van der Waals surface area (Å²) in [5, 5.41) is 14.8. The van der Waals surface area contributed by atoms with E-state index in [4.69, 9.17) is 9.47 Å². The predicted molar refractivity (Wildman–Crippen MR) is 102 cm³/mol. The molecule has 0 saturated heterocycles. The van der Waals surface area contributed by atoms with Gasteiger partial charge in [0, 0.05) is 5.56 Å². The summed E-state index contributed by atoms with van der Waals surface area (Å²) >= 11 is 0. The van der Waals surface area contributed by atoms with Crippen LogP contribution in [0.3, 0.4) is 0 Å². The van der Waals surface area contributed by atoms with Crippen molar-refractivity contribution < 1.29 is 14.6 Å². The number of methoxy groups -OCH3 is 2. The molecule has 1 N–H and O–H groups in total. The minimum absolute atomic E-state index is 0.265. The van der Waals surface area contributed by atoms with Crippen LogP contribution < -0.4 is 9.47 Å².